The summed E-state index contributed by atoms with van der Waals surface area (Å²) in [7, 11) is 0. The van der Waals surface area contributed by atoms with Crippen molar-refractivity contribution in [1.82, 2.24) is 9.97 Å². The summed E-state index contributed by atoms with van der Waals surface area (Å²) in [6.07, 6.45) is 2.64. The number of primary amides is 1. The first kappa shape index (κ1) is 29.7. The van der Waals surface area contributed by atoms with Gasteiger partial charge < -0.3 is 30.7 Å². The first-order valence-corrected chi connectivity index (χ1v) is 13.7. The Morgan fingerprint density at radius 3 is 2.49 bits per heavy atom. The number of morpholine rings is 1. The Morgan fingerprint density at radius 2 is 1.85 bits per heavy atom. The number of amides is 1. The van der Waals surface area contributed by atoms with Gasteiger partial charge in [0.2, 0.25) is 0 Å². The van der Waals surface area contributed by atoms with E-state index in [4.69, 9.17) is 15.2 Å². The maximum absolute atomic E-state index is 15.2. The van der Waals surface area contributed by atoms with Gasteiger partial charge in [0.1, 0.15) is 17.2 Å². The highest BCUT2D eigenvalue weighted by molar-refractivity contribution is 5.98. The molecule has 2 aromatic heterocycles. The van der Waals surface area contributed by atoms with Crippen molar-refractivity contribution in [3.05, 3.63) is 71.7 Å². The SMILES string of the molecule is CC(C)(C)OC(=O)CC[C@@H](Cc1ccccc1)Nc1nc(Nc2ccc(N3CCOCC3)nc2)c(C(N)=O)cc1F. The summed E-state index contributed by atoms with van der Waals surface area (Å²) < 4.78 is 26.1. The topological polar surface area (TPSA) is 132 Å². The lowest BCUT2D eigenvalue weighted by atomic mass is 10.0. The van der Waals surface area contributed by atoms with Crippen molar-refractivity contribution in [3.8, 4) is 0 Å². The predicted molar refractivity (Wildman–Crippen MR) is 156 cm³/mol. The Balaban J connectivity index is 1.55. The molecule has 1 aliphatic rings. The highest BCUT2D eigenvalue weighted by Crippen LogP contribution is 2.26. The molecular formula is C30H37FN6O4. The largest absolute Gasteiger partial charge is 0.460 e. The van der Waals surface area contributed by atoms with Gasteiger partial charge in [0.15, 0.2) is 11.6 Å². The van der Waals surface area contributed by atoms with Gasteiger partial charge in [-0.1, -0.05) is 30.3 Å². The van der Waals surface area contributed by atoms with Crippen molar-refractivity contribution in [3.63, 3.8) is 0 Å². The van der Waals surface area contributed by atoms with E-state index in [9.17, 15) is 9.59 Å². The molecule has 0 bridgehead atoms. The second kappa shape index (κ2) is 13.4. The summed E-state index contributed by atoms with van der Waals surface area (Å²) in [5.74, 6) is -1.08. The molecule has 0 spiro atoms. The first-order valence-electron chi connectivity index (χ1n) is 13.7. The van der Waals surface area contributed by atoms with Crippen LogP contribution in [-0.2, 0) is 20.7 Å². The number of nitrogens with two attached hydrogens (primary N) is 1. The summed E-state index contributed by atoms with van der Waals surface area (Å²) in [4.78, 5) is 35.6. The molecule has 1 saturated heterocycles. The number of rotatable bonds is 11. The van der Waals surface area contributed by atoms with Gasteiger partial charge in [-0.25, -0.2) is 14.4 Å². The van der Waals surface area contributed by atoms with Crippen LogP contribution in [0.3, 0.4) is 0 Å². The molecule has 218 valence electrons. The summed E-state index contributed by atoms with van der Waals surface area (Å²) >= 11 is 0. The van der Waals surface area contributed by atoms with Crippen LogP contribution in [0, 0.1) is 5.82 Å². The van der Waals surface area contributed by atoms with E-state index in [0.29, 0.717) is 31.7 Å². The number of esters is 1. The highest BCUT2D eigenvalue weighted by atomic mass is 19.1. The van der Waals surface area contributed by atoms with Gasteiger partial charge >= 0.3 is 5.97 Å². The van der Waals surface area contributed by atoms with E-state index >= 15 is 4.39 Å². The van der Waals surface area contributed by atoms with Crippen LogP contribution in [-0.4, -0.2) is 59.8 Å². The van der Waals surface area contributed by atoms with E-state index < -0.39 is 17.3 Å². The number of nitrogens with one attached hydrogen (secondary N) is 2. The minimum absolute atomic E-state index is 0.0690. The molecule has 1 aliphatic heterocycles. The van der Waals surface area contributed by atoms with Gasteiger partial charge in [-0.05, 0) is 57.4 Å². The van der Waals surface area contributed by atoms with E-state index in [0.717, 1.165) is 30.5 Å². The van der Waals surface area contributed by atoms with E-state index in [-0.39, 0.29) is 35.6 Å². The maximum atomic E-state index is 15.2. The van der Waals surface area contributed by atoms with Crippen molar-refractivity contribution in [2.24, 2.45) is 5.73 Å². The third-order valence-electron chi connectivity index (χ3n) is 6.37. The van der Waals surface area contributed by atoms with Crippen LogP contribution in [0.25, 0.3) is 0 Å². The average molecular weight is 565 g/mol. The van der Waals surface area contributed by atoms with Crippen LogP contribution in [0.15, 0.2) is 54.7 Å². The molecule has 0 saturated carbocycles. The van der Waals surface area contributed by atoms with Crippen LogP contribution in [0.4, 0.5) is 27.5 Å². The third-order valence-corrected chi connectivity index (χ3v) is 6.37. The lowest BCUT2D eigenvalue weighted by Crippen LogP contribution is -2.36. The Kier molecular flexibility index (Phi) is 9.72. The smallest absolute Gasteiger partial charge is 0.306 e. The zero-order valence-electron chi connectivity index (χ0n) is 23.7. The molecule has 3 heterocycles. The van der Waals surface area contributed by atoms with Crippen LogP contribution in [0.2, 0.25) is 0 Å². The molecule has 1 aromatic carbocycles. The summed E-state index contributed by atoms with van der Waals surface area (Å²) in [5, 5.41) is 6.19. The molecule has 1 amide bonds. The number of pyridine rings is 2. The maximum Gasteiger partial charge on any atom is 0.306 e. The van der Waals surface area contributed by atoms with Crippen LogP contribution in [0.1, 0.15) is 49.5 Å². The number of halogens is 1. The first-order chi connectivity index (χ1) is 19.6. The number of carbonyl (C=O) groups is 2. The lowest BCUT2D eigenvalue weighted by Gasteiger charge is -2.27. The van der Waals surface area contributed by atoms with Crippen molar-refractivity contribution in [1.29, 1.82) is 0 Å². The minimum Gasteiger partial charge on any atom is -0.460 e. The molecule has 1 fully saturated rings. The zero-order chi connectivity index (χ0) is 29.4. The quantitative estimate of drug-likeness (QED) is 0.289. The molecule has 41 heavy (non-hydrogen) atoms. The van der Waals surface area contributed by atoms with Crippen LogP contribution < -0.4 is 21.3 Å². The predicted octanol–water partition coefficient (Wildman–Crippen LogP) is 4.44. The van der Waals surface area contributed by atoms with Gasteiger partial charge in [-0.2, -0.15) is 0 Å². The molecule has 0 radical (unpaired) electrons. The highest BCUT2D eigenvalue weighted by Gasteiger charge is 2.22. The number of benzene rings is 1. The van der Waals surface area contributed by atoms with Gasteiger partial charge in [-0.15, -0.1) is 0 Å². The molecule has 1 atom stereocenters. The second-order valence-corrected chi connectivity index (χ2v) is 10.9. The van der Waals surface area contributed by atoms with Crippen molar-refractivity contribution in [2.45, 2.75) is 51.7 Å². The van der Waals surface area contributed by atoms with Gasteiger partial charge in [-0.3, -0.25) is 9.59 Å². The number of anilines is 4. The van der Waals surface area contributed by atoms with E-state index in [1.807, 2.05) is 57.2 Å². The monoisotopic (exact) mass is 564 g/mol. The fourth-order valence-corrected chi connectivity index (χ4v) is 4.45. The van der Waals surface area contributed by atoms with Crippen LogP contribution in [0.5, 0.6) is 0 Å². The van der Waals surface area contributed by atoms with Gasteiger partial charge in [0.05, 0.1) is 30.7 Å². The summed E-state index contributed by atoms with van der Waals surface area (Å²) in [6.45, 7) is 8.21. The Labute approximate surface area is 239 Å². The van der Waals surface area contributed by atoms with Gasteiger partial charge in [0.25, 0.3) is 5.91 Å². The van der Waals surface area contributed by atoms with E-state index in [2.05, 4.69) is 25.5 Å². The fraction of sp³-hybridized carbons (Fsp3) is 0.400. The van der Waals surface area contributed by atoms with Crippen molar-refractivity contribution >= 4 is 35.0 Å². The standard InChI is InChI=1S/C30H37FN6O4/c1-30(2,3)41-26(38)12-10-21(17-20-7-5-4-6-8-20)34-29-24(31)18-23(27(32)39)28(36-29)35-22-9-11-25(33-19-22)37-13-15-40-16-14-37/h4-9,11,18-19,21H,10,12-17H2,1-3H3,(H2,32,39)(H2,34,35,36)/t21-/m0/s1. The zero-order valence-corrected chi connectivity index (χ0v) is 23.7. The number of hydrogen-bond acceptors (Lipinski definition) is 9. The molecule has 4 N–H and O–H groups in total. The average Bonchev–Trinajstić information content (AvgIpc) is 2.93. The molecule has 10 nitrogen and oxygen atoms in total. The van der Waals surface area contributed by atoms with E-state index in [1.165, 1.54) is 0 Å². The normalized spacial score (nSPS) is 14.3. The Morgan fingerprint density at radius 1 is 1.12 bits per heavy atom. The molecule has 0 aliphatic carbocycles. The molecule has 11 heteroatoms. The summed E-state index contributed by atoms with van der Waals surface area (Å²) in [6, 6.07) is 14.0. The number of carbonyl (C=O) groups excluding carboxylic acids is 2. The minimum atomic E-state index is -0.825. The number of nitrogens with zero attached hydrogens (tertiary/aromatic N) is 3. The van der Waals surface area contributed by atoms with Crippen LogP contribution >= 0.6 is 0 Å². The third kappa shape index (κ3) is 8.87. The van der Waals surface area contributed by atoms with Crippen molar-refractivity contribution in [2.75, 3.05) is 41.8 Å². The van der Waals surface area contributed by atoms with Gasteiger partial charge in [0, 0.05) is 25.6 Å². The fourth-order valence-electron chi connectivity index (χ4n) is 4.45. The molecule has 4 rings (SSSR count). The number of ether oxygens (including phenoxy) is 2. The summed E-state index contributed by atoms with van der Waals surface area (Å²) in [5.41, 5.74) is 6.41. The number of hydrogen-bond donors (Lipinski definition) is 3. The molecule has 3 aromatic rings. The number of aromatic nitrogens is 2. The molecule has 0 unspecified atom stereocenters. The lowest BCUT2D eigenvalue weighted by molar-refractivity contribution is -0.155. The Bertz CT molecular complexity index is 1330. The molecular weight excluding hydrogens is 527 g/mol. The van der Waals surface area contributed by atoms with E-state index in [1.54, 1.807) is 12.3 Å². The Hall–Kier alpha value is -4.25. The van der Waals surface area contributed by atoms with Crippen molar-refractivity contribution < 1.29 is 23.5 Å². The second-order valence-electron chi connectivity index (χ2n) is 10.9.